The number of hydrogen-bond donors (Lipinski definition) is 1. The minimum atomic E-state index is -0.158. The SMILES string of the molecule is CCN(CC)c1ccc(C(=O)c2ccccc2)c(O)c1. The Morgan fingerprint density at radius 1 is 1.05 bits per heavy atom. The first-order valence-corrected chi connectivity index (χ1v) is 6.85. The van der Waals surface area contributed by atoms with Crippen molar-refractivity contribution in [2.45, 2.75) is 13.8 Å². The first kappa shape index (κ1) is 14.1. The van der Waals surface area contributed by atoms with Gasteiger partial charge in [-0.2, -0.15) is 0 Å². The summed E-state index contributed by atoms with van der Waals surface area (Å²) in [6.07, 6.45) is 0. The zero-order valence-electron chi connectivity index (χ0n) is 11.8. The molecular weight excluding hydrogens is 250 g/mol. The zero-order valence-corrected chi connectivity index (χ0v) is 11.8. The van der Waals surface area contributed by atoms with Crippen LogP contribution in [0.3, 0.4) is 0 Å². The van der Waals surface area contributed by atoms with Crippen LogP contribution in [-0.2, 0) is 0 Å². The molecule has 0 saturated carbocycles. The Hall–Kier alpha value is -2.29. The molecule has 0 spiro atoms. The second-order valence-corrected chi connectivity index (χ2v) is 4.57. The van der Waals surface area contributed by atoms with Gasteiger partial charge in [0.25, 0.3) is 0 Å². The summed E-state index contributed by atoms with van der Waals surface area (Å²) in [4.78, 5) is 14.4. The first-order valence-electron chi connectivity index (χ1n) is 6.85. The van der Waals surface area contributed by atoms with E-state index < -0.39 is 0 Å². The van der Waals surface area contributed by atoms with Gasteiger partial charge in [0.05, 0.1) is 5.56 Å². The van der Waals surface area contributed by atoms with Gasteiger partial charge in [-0.3, -0.25) is 4.79 Å². The number of ketones is 1. The predicted molar refractivity (Wildman–Crippen MR) is 81.5 cm³/mol. The van der Waals surface area contributed by atoms with Crippen LogP contribution in [0.1, 0.15) is 29.8 Å². The van der Waals surface area contributed by atoms with Gasteiger partial charge >= 0.3 is 0 Å². The maximum absolute atomic E-state index is 12.3. The lowest BCUT2D eigenvalue weighted by molar-refractivity contribution is 0.103. The first-order chi connectivity index (χ1) is 9.67. The number of benzene rings is 2. The molecule has 0 saturated heterocycles. The number of nitrogens with zero attached hydrogens (tertiary/aromatic N) is 1. The molecule has 0 amide bonds. The fraction of sp³-hybridized carbons (Fsp3) is 0.235. The molecule has 0 fully saturated rings. The Bertz CT molecular complexity index is 589. The second-order valence-electron chi connectivity index (χ2n) is 4.57. The molecule has 0 radical (unpaired) electrons. The third-order valence-corrected chi connectivity index (χ3v) is 3.39. The summed E-state index contributed by atoms with van der Waals surface area (Å²) in [6.45, 7) is 5.84. The number of phenols is 1. The number of phenolic OH excluding ortho intramolecular Hbond substituents is 1. The average Bonchev–Trinajstić information content (AvgIpc) is 2.49. The Morgan fingerprint density at radius 3 is 2.25 bits per heavy atom. The van der Waals surface area contributed by atoms with E-state index in [9.17, 15) is 9.90 Å². The lowest BCUT2D eigenvalue weighted by Crippen LogP contribution is -2.21. The monoisotopic (exact) mass is 269 g/mol. The van der Waals surface area contributed by atoms with Crippen molar-refractivity contribution in [2.24, 2.45) is 0 Å². The highest BCUT2D eigenvalue weighted by Crippen LogP contribution is 2.26. The zero-order chi connectivity index (χ0) is 14.5. The van der Waals surface area contributed by atoms with E-state index in [1.54, 1.807) is 24.3 Å². The van der Waals surface area contributed by atoms with Crippen LogP contribution in [0.2, 0.25) is 0 Å². The van der Waals surface area contributed by atoms with Gasteiger partial charge in [-0.15, -0.1) is 0 Å². The minimum Gasteiger partial charge on any atom is -0.507 e. The molecule has 3 nitrogen and oxygen atoms in total. The van der Waals surface area contributed by atoms with Crippen LogP contribution < -0.4 is 4.90 Å². The van der Waals surface area contributed by atoms with Crippen LogP contribution >= 0.6 is 0 Å². The summed E-state index contributed by atoms with van der Waals surface area (Å²) in [6, 6.07) is 14.2. The van der Waals surface area contributed by atoms with Crippen molar-refractivity contribution >= 4 is 11.5 Å². The predicted octanol–water partition coefficient (Wildman–Crippen LogP) is 3.47. The molecule has 0 aliphatic heterocycles. The van der Waals surface area contributed by atoms with Crippen molar-refractivity contribution in [1.29, 1.82) is 0 Å². The Kier molecular flexibility index (Phi) is 4.41. The largest absolute Gasteiger partial charge is 0.507 e. The number of carbonyl (C=O) groups excluding carboxylic acids is 1. The van der Waals surface area contributed by atoms with Crippen molar-refractivity contribution in [1.82, 2.24) is 0 Å². The van der Waals surface area contributed by atoms with Crippen LogP contribution in [0, 0.1) is 0 Å². The summed E-state index contributed by atoms with van der Waals surface area (Å²) < 4.78 is 0. The van der Waals surface area contributed by atoms with Gasteiger partial charge < -0.3 is 10.0 Å². The van der Waals surface area contributed by atoms with E-state index in [0.717, 1.165) is 18.8 Å². The maximum atomic E-state index is 12.3. The fourth-order valence-electron chi connectivity index (χ4n) is 2.24. The van der Waals surface area contributed by atoms with Gasteiger partial charge in [0, 0.05) is 30.4 Å². The number of hydrogen-bond acceptors (Lipinski definition) is 3. The van der Waals surface area contributed by atoms with Crippen LogP contribution in [0.4, 0.5) is 5.69 Å². The molecule has 0 aliphatic rings. The minimum absolute atomic E-state index is 0.0308. The summed E-state index contributed by atoms with van der Waals surface area (Å²) in [5.74, 6) is -0.127. The summed E-state index contributed by atoms with van der Waals surface area (Å²) in [5, 5.41) is 10.1. The van der Waals surface area contributed by atoms with Gasteiger partial charge in [0.1, 0.15) is 5.75 Å². The highest BCUT2D eigenvalue weighted by atomic mass is 16.3. The topological polar surface area (TPSA) is 40.5 Å². The quantitative estimate of drug-likeness (QED) is 0.845. The summed E-state index contributed by atoms with van der Waals surface area (Å²) in [5.41, 5.74) is 1.85. The average molecular weight is 269 g/mol. The smallest absolute Gasteiger partial charge is 0.196 e. The third kappa shape index (κ3) is 2.82. The number of carbonyl (C=O) groups is 1. The van der Waals surface area contributed by atoms with Crippen LogP contribution in [0.5, 0.6) is 5.75 Å². The number of rotatable bonds is 5. The lowest BCUT2D eigenvalue weighted by atomic mass is 10.0. The van der Waals surface area contributed by atoms with Gasteiger partial charge in [-0.05, 0) is 26.0 Å². The van der Waals surface area contributed by atoms with Crippen LogP contribution in [0.15, 0.2) is 48.5 Å². The van der Waals surface area contributed by atoms with Gasteiger partial charge in [-0.25, -0.2) is 0 Å². The highest BCUT2D eigenvalue weighted by Gasteiger charge is 2.14. The van der Waals surface area contributed by atoms with Gasteiger partial charge in [0.15, 0.2) is 5.78 Å². The van der Waals surface area contributed by atoms with Crippen molar-refractivity contribution in [3.8, 4) is 5.75 Å². The van der Waals surface area contributed by atoms with E-state index in [4.69, 9.17) is 0 Å². The number of anilines is 1. The van der Waals surface area contributed by atoms with Crippen molar-refractivity contribution < 1.29 is 9.90 Å². The molecular formula is C17H19NO2. The molecule has 2 rings (SSSR count). The molecule has 104 valence electrons. The molecule has 20 heavy (non-hydrogen) atoms. The molecule has 2 aromatic rings. The fourth-order valence-corrected chi connectivity index (χ4v) is 2.24. The van der Waals surface area contributed by atoms with Gasteiger partial charge in [-0.1, -0.05) is 30.3 Å². The Morgan fingerprint density at radius 2 is 1.70 bits per heavy atom. The number of aromatic hydroxyl groups is 1. The molecule has 0 heterocycles. The van der Waals surface area contributed by atoms with Crippen molar-refractivity contribution in [3.63, 3.8) is 0 Å². The Balaban J connectivity index is 2.33. The normalized spacial score (nSPS) is 10.3. The molecule has 0 aliphatic carbocycles. The van der Waals surface area contributed by atoms with E-state index in [-0.39, 0.29) is 11.5 Å². The summed E-state index contributed by atoms with van der Waals surface area (Å²) >= 11 is 0. The molecule has 0 unspecified atom stereocenters. The van der Waals surface area contributed by atoms with E-state index in [1.165, 1.54) is 0 Å². The standard InChI is InChI=1S/C17H19NO2/c1-3-18(4-2)14-10-11-15(16(19)12-14)17(20)13-8-6-5-7-9-13/h5-12,19H,3-4H2,1-2H3. The van der Waals surface area contributed by atoms with E-state index >= 15 is 0 Å². The van der Waals surface area contributed by atoms with Crippen molar-refractivity contribution in [2.75, 3.05) is 18.0 Å². The lowest BCUT2D eigenvalue weighted by Gasteiger charge is -2.21. The Labute approximate surface area is 119 Å². The molecule has 0 aromatic heterocycles. The van der Waals surface area contributed by atoms with Crippen LogP contribution in [-0.4, -0.2) is 24.0 Å². The highest BCUT2D eigenvalue weighted by molar-refractivity contribution is 6.10. The molecule has 1 N–H and O–H groups in total. The third-order valence-electron chi connectivity index (χ3n) is 3.39. The van der Waals surface area contributed by atoms with E-state index in [2.05, 4.69) is 18.7 Å². The van der Waals surface area contributed by atoms with Crippen LogP contribution in [0.25, 0.3) is 0 Å². The van der Waals surface area contributed by atoms with Gasteiger partial charge in [0.2, 0.25) is 0 Å². The van der Waals surface area contributed by atoms with E-state index in [0.29, 0.717) is 11.1 Å². The van der Waals surface area contributed by atoms with Crippen molar-refractivity contribution in [3.05, 3.63) is 59.7 Å². The molecule has 2 aromatic carbocycles. The second kappa shape index (κ2) is 6.24. The molecule has 3 heteroatoms. The summed E-state index contributed by atoms with van der Waals surface area (Å²) in [7, 11) is 0. The maximum Gasteiger partial charge on any atom is 0.196 e. The molecule has 0 bridgehead atoms. The van der Waals surface area contributed by atoms with E-state index in [1.807, 2.05) is 24.3 Å². The molecule has 0 atom stereocenters.